The average molecular weight is 457 g/mol. The molecule has 0 saturated carbocycles. The van der Waals surface area contributed by atoms with E-state index in [-0.39, 0.29) is 11.3 Å². The first kappa shape index (κ1) is 22.7. The van der Waals surface area contributed by atoms with Gasteiger partial charge in [0, 0.05) is 11.9 Å². The van der Waals surface area contributed by atoms with Crippen LogP contribution in [0.2, 0.25) is 0 Å². The molecule has 34 heavy (non-hydrogen) atoms. The van der Waals surface area contributed by atoms with Gasteiger partial charge in [0.25, 0.3) is 11.5 Å². The highest BCUT2D eigenvalue weighted by Gasteiger charge is 2.19. The van der Waals surface area contributed by atoms with Gasteiger partial charge < -0.3 is 14.8 Å². The molecule has 4 rings (SSSR count). The van der Waals surface area contributed by atoms with Crippen molar-refractivity contribution in [1.29, 1.82) is 0 Å². The van der Waals surface area contributed by atoms with Crippen LogP contribution in [0.5, 0.6) is 5.75 Å². The molecule has 3 aromatic carbocycles. The van der Waals surface area contributed by atoms with E-state index in [1.165, 1.54) is 0 Å². The first-order valence-electron chi connectivity index (χ1n) is 10.7. The first-order valence-corrected chi connectivity index (χ1v) is 10.7. The molecule has 1 aromatic heterocycles. The lowest BCUT2D eigenvalue weighted by molar-refractivity contribution is -0.124. The van der Waals surface area contributed by atoms with E-state index in [0.29, 0.717) is 29.4 Å². The zero-order valence-corrected chi connectivity index (χ0v) is 18.6. The fourth-order valence-electron chi connectivity index (χ4n) is 3.47. The minimum Gasteiger partial charge on any atom is -0.497 e. The Bertz CT molecular complexity index is 1370. The third-order valence-electron chi connectivity index (χ3n) is 5.23. The van der Waals surface area contributed by atoms with Crippen molar-refractivity contribution >= 4 is 22.6 Å². The number of hydrogen-bond donors (Lipinski definition) is 1. The smallest absolute Gasteiger partial charge is 0.359 e. The Kier molecular flexibility index (Phi) is 6.98. The molecule has 0 aliphatic carbocycles. The van der Waals surface area contributed by atoms with Crippen LogP contribution in [0, 0.1) is 0 Å². The second-order valence-electron chi connectivity index (χ2n) is 7.47. The van der Waals surface area contributed by atoms with Crippen LogP contribution in [-0.4, -0.2) is 41.9 Å². The SMILES string of the molecule is COc1ccc(CCNC(=O)COC(=O)c2nn(-c3ccccc3)c(=O)c3ccccc23)cc1. The van der Waals surface area contributed by atoms with Crippen molar-refractivity contribution in [3.63, 3.8) is 0 Å². The largest absolute Gasteiger partial charge is 0.497 e. The molecule has 1 amide bonds. The second kappa shape index (κ2) is 10.4. The van der Waals surface area contributed by atoms with E-state index in [9.17, 15) is 14.4 Å². The maximum absolute atomic E-state index is 12.9. The number of hydrogen-bond acceptors (Lipinski definition) is 6. The van der Waals surface area contributed by atoms with E-state index in [4.69, 9.17) is 9.47 Å². The fourth-order valence-corrected chi connectivity index (χ4v) is 3.47. The van der Waals surface area contributed by atoms with Crippen molar-refractivity contribution in [2.75, 3.05) is 20.3 Å². The highest BCUT2D eigenvalue weighted by atomic mass is 16.5. The average Bonchev–Trinajstić information content (AvgIpc) is 2.88. The van der Waals surface area contributed by atoms with E-state index in [1.54, 1.807) is 55.6 Å². The minimum atomic E-state index is -0.786. The number of ether oxygens (including phenoxy) is 2. The molecule has 0 atom stereocenters. The van der Waals surface area contributed by atoms with Crippen LogP contribution in [0.1, 0.15) is 16.1 Å². The molecule has 172 valence electrons. The lowest BCUT2D eigenvalue weighted by atomic mass is 10.1. The fraction of sp³-hybridized carbons (Fsp3) is 0.154. The summed E-state index contributed by atoms with van der Waals surface area (Å²) < 4.78 is 11.5. The number of nitrogens with one attached hydrogen (secondary N) is 1. The van der Waals surface area contributed by atoms with Gasteiger partial charge in [0.05, 0.1) is 18.2 Å². The molecule has 8 nitrogen and oxygen atoms in total. The van der Waals surface area contributed by atoms with Gasteiger partial charge >= 0.3 is 5.97 Å². The molecular formula is C26H23N3O5. The van der Waals surface area contributed by atoms with Gasteiger partial charge in [-0.25, -0.2) is 4.79 Å². The van der Waals surface area contributed by atoms with Crippen LogP contribution in [-0.2, 0) is 16.0 Å². The van der Waals surface area contributed by atoms with Crippen molar-refractivity contribution in [3.05, 3.63) is 100 Å². The van der Waals surface area contributed by atoms with Gasteiger partial charge in [-0.15, -0.1) is 0 Å². The van der Waals surface area contributed by atoms with E-state index in [1.807, 2.05) is 30.3 Å². The van der Waals surface area contributed by atoms with Crippen LogP contribution in [0.15, 0.2) is 83.7 Å². The van der Waals surface area contributed by atoms with Crippen LogP contribution < -0.4 is 15.6 Å². The van der Waals surface area contributed by atoms with Crippen LogP contribution in [0.4, 0.5) is 0 Å². The highest BCUT2D eigenvalue weighted by Crippen LogP contribution is 2.16. The van der Waals surface area contributed by atoms with Crippen molar-refractivity contribution in [2.45, 2.75) is 6.42 Å². The van der Waals surface area contributed by atoms with Gasteiger partial charge in [0.15, 0.2) is 12.3 Å². The summed E-state index contributed by atoms with van der Waals surface area (Å²) >= 11 is 0. The summed E-state index contributed by atoms with van der Waals surface area (Å²) in [6, 6.07) is 23.0. The number of para-hydroxylation sites is 1. The molecule has 0 bridgehead atoms. The number of aromatic nitrogens is 2. The molecule has 0 spiro atoms. The Labute approximate surface area is 195 Å². The highest BCUT2D eigenvalue weighted by molar-refractivity contribution is 6.02. The summed E-state index contributed by atoms with van der Waals surface area (Å²) in [6.07, 6.45) is 0.623. The van der Waals surface area contributed by atoms with Crippen molar-refractivity contribution in [1.82, 2.24) is 15.1 Å². The summed E-state index contributed by atoms with van der Waals surface area (Å²) in [6.45, 7) is -0.0648. The predicted octanol–water partition coefficient (Wildman–Crippen LogP) is 2.91. The molecule has 0 aliphatic heterocycles. The first-order chi connectivity index (χ1) is 16.6. The Morgan fingerprint density at radius 2 is 1.59 bits per heavy atom. The van der Waals surface area contributed by atoms with E-state index in [0.717, 1.165) is 16.0 Å². The lowest BCUT2D eigenvalue weighted by Gasteiger charge is -2.11. The number of carbonyl (C=O) groups excluding carboxylic acids is 2. The summed E-state index contributed by atoms with van der Waals surface area (Å²) in [5.74, 6) is -0.451. The van der Waals surface area contributed by atoms with Crippen molar-refractivity contribution in [3.8, 4) is 11.4 Å². The van der Waals surface area contributed by atoms with Gasteiger partial charge in [0.2, 0.25) is 0 Å². The number of amides is 1. The van der Waals surface area contributed by atoms with E-state index < -0.39 is 18.5 Å². The van der Waals surface area contributed by atoms with Gasteiger partial charge in [-0.1, -0.05) is 48.5 Å². The Balaban J connectivity index is 1.43. The number of benzene rings is 3. The number of nitrogens with zero attached hydrogens (tertiary/aromatic N) is 2. The zero-order valence-electron chi connectivity index (χ0n) is 18.6. The third-order valence-corrected chi connectivity index (χ3v) is 5.23. The molecule has 0 aliphatic rings. The van der Waals surface area contributed by atoms with E-state index in [2.05, 4.69) is 10.4 Å². The summed E-state index contributed by atoms with van der Waals surface area (Å²) in [7, 11) is 1.60. The standard InChI is InChI=1S/C26H23N3O5/c1-33-20-13-11-18(12-14-20)15-16-27-23(30)17-34-26(32)24-21-9-5-6-10-22(21)25(31)29(28-24)19-7-3-2-4-8-19/h2-14H,15-17H2,1H3,(H,27,30). The summed E-state index contributed by atoms with van der Waals surface area (Å²) in [5.41, 5.74) is 1.17. The summed E-state index contributed by atoms with van der Waals surface area (Å²) in [5, 5.41) is 7.68. The van der Waals surface area contributed by atoms with Crippen molar-refractivity contribution < 1.29 is 19.1 Å². The van der Waals surface area contributed by atoms with Gasteiger partial charge in [-0.3, -0.25) is 9.59 Å². The molecule has 0 radical (unpaired) electrons. The number of fused-ring (bicyclic) bond motifs is 1. The minimum absolute atomic E-state index is 0.0370. The number of methoxy groups -OCH3 is 1. The molecule has 8 heteroatoms. The molecule has 0 unspecified atom stereocenters. The molecule has 0 saturated heterocycles. The Morgan fingerprint density at radius 3 is 2.29 bits per heavy atom. The monoisotopic (exact) mass is 457 g/mol. The third kappa shape index (κ3) is 5.12. The molecular weight excluding hydrogens is 434 g/mol. The Morgan fingerprint density at radius 1 is 0.912 bits per heavy atom. The zero-order chi connectivity index (χ0) is 23.9. The Hall–Kier alpha value is -4.46. The van der Waals surface area contributed by atoms with E-state index >= 15 is 0 Å². The molecule has 0 fully saturated rings. The molecule has 4 aromatic rings. The van der Waals surface area contributed by atoms with Gasteiger partial charge in [-0.05, 0) is 42.3 Å². The number of rotatable bonds is 8. The van der Waals surface area contributed by atoms with Crippen LogP contribution in [0.3, 0.4) is 0 Å². The van der Waals surface area contributed by atoms with Gasteiger partial charge in [-0.2, -0.15) is 9.78 Å². The van der Waals surface area contributed by atoms with Crippen LogP contribution in [0.25, 0.3) is 16.5 Å². The normalized spacial score (nSPS) is 10.6. The maximum atomic E-state index is 12.9. The summed E-state index contributed by atoms with van der Waals surface area (Å²) in [4.78, 5) is 37.9. The second-order valence-corrected chi connectivity index (χ2v) is 7.47. The topological polar surface area (TPSA) is 99.5 Å². The van der Waals surface area contributed by atoms with Crippen LogP contribution >= 0.6 is 0 Å². The molecule has 1 heterocycles. The maximum Gasteiger partial charge on any atom is 0.359 e. The van der Waals surface area contributed by atoms with Crippen molar-refractivity contribution in [2.24, 2.45) is 0 Å². The lowest BCUT2D eigenvalue weighted by Crippen LogP contribution is -2.31. The molecule has 1 N–H and O–H groups in total. The predicted molar refractivity (Wildman–Crippen MR) is 127 cm³/mol. The van der Waals surface area contributed by atoms with Gasteiger partial charge in [0.1, 0.15) is 5.75 Å². The number of carbonyl (C=O) groups is 2. The quantitative estimate of drug-likeness (QED) is 0.409. The number of esters is 1.